The van der Waals surface area contributed by atoms with Crippen LogP contribution in [0.2, 0.25) is 5.02 Å². The van der Waals surface area contributed by atoms with Crippen molar-refractivity contribution >= 4 is 29.0 Å². The second-order valence-electron chi connectivity index (χ2n) is 4.43. The first kappa shape index (κ1) is 16.0. The quantitative estimate of drug-likeness (QED) is 0.496. The number of anilines is 1. The Bertz CT molecular complexity index is 496. The highest BCUT2D eigenvalue weighted by atomic mass is 35.5. The van der Waals surface area contributed by atoms with Gasteiger partial charge in [-0.2, -0.15) is 0 Å². The highest BCUT2D eigenvalue weighted by molar-refractivity contribution is 6.33. The second-order valence-corrected chi connectivity index (χ2v) is 4.84. The van der Waals surface area contributed by atoms with Crippen molar-refractivity contribution < 1.29 is 9.72 Å². The van der Waals surface area contributed by atoms with Crippen LogP contribution in [0.25, 0.3) is 0 Å². The van der Waals surface area contributed by atoms with Gasteiger partial charge in [0.25, 0.3) is 5.69 Å². The SMILES string of the molecule is Cc1cc([N+](=O)[O-])cc(Cl)c1NCCNC(=O)N(C)C. The third-order valence-electron chi connectivity index (χ3n) is 2.59. The van der Waals surface area contributed by atoms with Gasteiger partial charge in [0.2, 0.25) is 0 Å². The van der Waals surface area contributed by atoms with E-state index in [2.05, 4.69) is 10.6 Å². The van der Waals surface area contributed by atoms with Crippen molar-refractivity contribution in [1.29, 1.82) is 0 Å². The zero-order valence-corrected chi connectivity index (χ0v) is 12.3. The van der Waals surface area contributed by atoms with Gasteiger partial charge in [0.05, 0.1) is 15.6 Å². The number of urea groups is 1. The van der Waals surface area contributed by atoms with Crippen LogP contribution in [0.4, 0.5) is 16.2 Å². The van der Waals surface area contributed by atoms with Crippen LogP contribution < -0.4 is 10.6 Å². The summed E-state index contributed by atoms with van der Waals surface area (Å²) in [5, 5.41) is 16.7. The molecule has 0 aliphatic heterocycles. The van der Waals surface area contributed by atoms with E-state index in [-0.39, 0.29) is 16.7 Å². The zero-order chi connectivity index (χ0) is 15.3. The van der Waals surface area contributed by atoms with Crippen LogP contribution in [0.15, 0.2) is 12.1 Å². The van der Waals surface area contributed by atoms with E-state index in [1.165, 1.54) is 17.0 Å². The van der Waals surface area contributed by atoms with Gasteiger partial charge in [0, 0.05) is 39.3 Å². The summed E-state index contributed by atoms with van der Waals surface area (Å²) in [5.74, 6) is 0. The Hall–Kier alpha value is -2.02. The van der Waals surface area contributed by atoms with Crippen molar-refractivity contribution in [2.24, 2.45) is 0 Å². The molecule has 0 radical (unpaired) electrons. The highest BCUT2D eigenvalue weighted by Gasteiger charge is 2.12. The molecular weight excluding hydrogens is 284 g/mol. The predicted molar refractivity (Wildman–Crippen MR) is 78.4 cm³/mol. The minimum atomic E-state index is -0.486. The number of halogens is 1. The largest absolute Gasteiger partial charge is 0.382 e. The van der Waals surface area contributed by atoms with Crippen molar-refractivity contribution in [2.75, 3.05) is 32.5 Å². The van der Waals surface area contributed by atoms with Gasteiger partial charge in [-0.15, -0.1) is 0 Å². The average molecular weight is 301 g/mol. The fourth-order valence-corrected chi connectivity index (χ4v) is 1.90. The number of carbonyl (C=O) groups excluding carboxylic acids is 1. The third-order valence-corrected chi connectivity index (χ3v) is 2.89. The molecule has 0 spiro atoms. The summed E-state index contributed by atoms with van der Waals surface area (Å²) < 4.78 is 0. The van der Waals surface area contributed by atoms with Crippen molar-refractivity contribution in [2.45, 2.75) is 6.92 Å². The Morgan fingerprint density at radius 3 is 2.55 bits per heavy atom. The van der Waals surface area contributed by atoms with Crippen LogP contribution in [-0.2, 0) is 0 Å². The van der Waals surface area contributed by atoms with Crippen LogP contribution in [-0.4, -0.2) is 43.0 Å². The number of rotatable bonds is 5. The molecule has 2 amide bonds. The molecule has 0 saturated heterocycles. The van der Waals surface area contributed by atoms with Gasteiger partial charge in [-0.05, 0) is 12.5 Å². The maximum Gasteiger partial charge on any atom is 0.316 e. The molecule has 1 aromatic carbocycles. The Balaban J connectivity index is 2.61. The van der Waals surface area contributed by atoms with E-state index >= 15 is 0 Å². The van der Waals surface area contributed by atoms with E-state index < -0.39 is 4.92 Å². The predicted octanol–water partition coefficient (Wildman–Crippen LogP) is 2.24. The molecule has 2 N–H and O–H groups in total. The molecular formula is C12H17ClN4O3. The van der Waals surface area contributed by atoms with Crippen molar-refractivity contribution in [1.82, 2.24) is 10.2 Å². The number of amides is 2. The molecule has 1 aromatic rings. The minimum absolute atomic E-state index is 0.0426. The number of aryl methyl sites for hydroxylation is 1. The van der Waals surface area contributed by atoms with E-state index in [1.54, 1.807) is 21.0 Å². The Morgan fingerprint density at radius 2 is 2.05 bits per heavy atom. The van der Waals surface area contributed by atoms with Crippen molar-refractivity contribution in [3.05, 3.63) is 32.8 Å². The van der Waals surface area contributed by atoms with Crippen LogP contribution >= 0.6 is 11.6 Å². The topological polar surface area (TPSA) is 87.5 Å². The molecule has 1 rings (SSSR count). The van der Waals surface area contributed by atoms with Crippen molar-refractivity contribution in [3.8, 4) is 0 Å². The smallest absolute Gasteiger partial charge is 0.316 e. The summed E-state index contributed by atoms with van der Waals surface area (Å²) in [5.41, 5.74) is 1.28. The van der Waals surface area contributed by atoms with Gasteiger partial charge in [-0.3, -0.25) is 10.1 Å². The van der Waals surface area contributed by atoms with Gasteiger partial charge < -0.3 is 15.5 Å². The molecule has 7 nitrogen and oxygen atoms in total. The Kier molecular flexibility index (Phi) is 5.57. The molecule has 20 heavy (non-hydrogen) atoms. The molecule has 0 heterocycles. The van der Waals surface area contributed by atoms with E-state index in [0.717, 1.165) is 0 Å². The molecule has 0 atom stereocenters. The first-order chi connectivity index (χ1) is 9.32. The lowest BCUT2D eigenvalue weighted by molar-refractivity contribution is -0.384. The lowest BCUT2D eigenvalue weighted by atomic mass is 10.2. The fraction of sp³-hybridized carbons (Fsp3) is 0.417. The highest BCUT2D eigenvalue weighted by Crippen LogP contribution is 2.30. The summed E-state index contributed by atoms with van der Waals surface area (Å²) in [4.78, 5) is 22.9. The Labute approximate surface area is 122 Å². The number of benzene rings is 1. The van der Waals surface area contributed by atoms with E-state index in [9.17, 15) is 14.9 Å². The summed E-state index contributed by atoms with van der Waals surface area (Å²) >= 11 is 6.01. The number of hydrogen-bond donors (Lipinski definition) is 2. The maximum atomic E-state index is 11.3. The first-order valence-electron chi connectivity index (χ1n) is 5.96. The minimum Gasteiger partial charge on any atom is -0.382 e. The lowest BCUT2D eigenvalue weighted by Gasteiger charge is -2.14. The molecule has 0 aromatic heterocycles. The first-order valence-corrected chi connectivity index (χ1v) is 6.34. The van der Waals surface area contributed by atoms with Gasteiger partial charge in [-0.1, -0.05) is 11.6 Å². The zero-order valence-electron chi connectivity index (χ0n) is 11.6. The number of nitro benzene ring substituents is 1. The standard InChI is InChI=1S/C12H17ClN4O3/c1-8-6-9(17(19)20)7-10(13)11(8)14-4-5-15-12(18)16(2)3/h6-7,14H,4-5H2,1-3H3,(H,15,18). The summed E-state index contributed by atoms with van der Waals surface area (Å²) in [6, 6.07) is 2.57. The number of hydrogen-bond acceptors (Lipinski definition) is 4. The van der Waals surface area contributed by atoms with Crippen LogP contribution in [0, 0.1) is 17.0 Å². The van der Waals surface area contributed by atoms with Crippen LogP contribution in [0.3, 0.4) is 0 Å². The van der Waals surface area contributed by atoms with Crippen molar-refractivity contribution in [3.63, 3.8) is 0 Å². The van der Waals surface area contributed by atoms with Gasteiger partial charge in [0.1, 0.15) is 0 Å². The van der Waals surface area contributed by atoms with Gasteiger partial charge in [0.15, 0.2) is 0 Å². The summed E-state index contributed by atoms with van der Waals surface area (Å²) in [6.45, 7) is 2.63. The maximum absolute atomic E-state index is 11.3. The van der Waals surface area contributed by atoms with E-state index in [0.29, 0.717) is 24.3 Å². The number of nitro groups is 1. The van der Waals surface area contributed by atoms with Crippen LogP contribution in [0.1, 0.15) is 5.56 Å². The van der Waals surface area contributed by atoms with Crippen LogP contribution in [0.5, 0.6) is 0 Å². The van der Waals surface area contributed by atoms with Gasteiger partial charge >= 0.3 is 6.03 Å². The number of carbonyl (C=O) groups is 1. The lowest BCUT2D eigenvalue weighted by Crippen LogP contribution is -2.37. The monoisotopic (exact) mass is 300 g/mol. The number of nitrogens with one attached hydrogen (secondary N) is 2. The third kappa shape index (κ3) is 4.27. The molecule has 0 fully saturated rings. The number of non-ortho nitro benzene ring substituents is 1. The molecule has 0 aliphatic rings. The van der Waals surface area contributed by atoms with E-state index in [4.69, 9.17) is 11.6 Å². The molecule has 0 unspecified atom stereocenters. The Morgan fingerprint density at radius 1 is 1.40 bits per heavy atom. The molecule has 0 aliphatic carbocycles. The second kappa shape index (κ2) is 6.95. The number of nitrogens with zero attached hydrogens (tertiary/aromatic N) is 2. The molecule has 0 saturated carbocycles. The average Bonchev–Trinajstić information content (AvgIpc) is 2.36. The normalized spacial score (nSPS) is 10.0. The molecule has 8 heteroatoms. The van der Waals surface area contributed by atoms with E-state index in [1.807, 2.05) is 0 Å². The molecule has 110 valence electrons. The van der Waals surface area contributed by atoms with Gasteiger partial charge in [-0.25, -0.2) is 4.79 Å². The fourth-order valence-electron chi connectivity index (χ4n) is 1.57. The summed E-state index contributed by atoms with van der Waals surface area (Å²) in [7, 11) is 3.31. The summed E-state index contributed by atoms with van der Waals surface area (Å²) in [6.07, 6.45) is 0. The molecule has 0 bridgehead atoms.